The van der Waals surface area contributed by atoms with Gasteiger partial charge in [0.25, 0.3) is 5.79 Å². The number of allylic oxidation sites excluding steroid dienone is 2. The van der Waals surface area contributed by atoms with Crippen LogP contribution in [0.5, 0.6) is 0 Å². The Balaban J connectivity index is 2.43. The Hall–Kier alpha value is -0.910. The lowest BCUT2D eigenvalue weighted by molar-refractivity contribution is -0.205. The molecule has 0 aromatic rings. The second-order valence-corrected chi connectivity index (χ2v) is 8.94. The molecule has 3 atom stereocenters. The lowest BCUT2D eigenvalue weighted by Crippen LogP contribution is -2.37. The Labute approximate surface area is 171 Å². The van der Waals surface area contributed by atoms with Crippen LogP contribution in [0.2, 0.25) is 0 Å². The van der Waals surface area contributed by atoms with Crippen LogP contribution in [0.15, 0.2) is 12.2 Å². The molecule has 1 fully saturated rings. The van der Waals surface area contributed by atoms with Gasteiger partial charge in [-0.15, -0.1) is 0 Å². The summed E-state index contributed by atoms with van der Waals surface area (Å²) in [6.45, 7) is 3.38. The first kappa shape index (κ1) is 25.1. The fraction of sp³-hybridized carbons (Fsp3) is 0.870. The fourth-order valence-corrected chi connectivity index (χ4v) is 4.54. The van der Waals surface area contributed by atoms with E-state index in [9.17, 15) is 15.0 Å². The number of aliphatic hydroxyl groups is 2. The maximum atomic E-state index is 10.7. The Morgan fingerprint density at radius 1 is 1.04 bits per heavy atom. The average Bonchev–Trinajstić information content (AvgIpc) is 2.98. The van der Waals surface area contributed by atoms with Crippen molar-refractivity contribution < 1.29 is 20.1 Å². The van der Waals surface area contributed by atoms with Gasteiger partial charge >= 0.3 is 5.97 Å². The molecule has 0 unspecified atom stereocenters. The van der Waals surface area contributed by atoms with Crippen molar-refractivity contribution in [1.29, 1.82) is 0 Å². The van der Waals surface area contributed by atoms with Gasteiger partial charge in [-0.2, -0.15) is 0 Å². The topological polar surface area (TPSA) is 81.0 Å². The van der Waals surface area contributed by atoms with Gasteiger partial charge in [-0.1, -0.05) is 51.2 Å². The number of aliphatic carboxylic acids is 1. The van der Waals surface area contributed by atoms with E-state index in [0.717, 1.165) is 31.7 Å². The predicted octanol–water partition coefficient (Wildman–Crippen LogP) is 4.43. The number of carboxylic acid groups (broad SMARTS) is 1. The molecule has 0 aromatic heterocycles. The van der Waals surface area contributed by atoms with Crippen LogP contribution in [-0.4, -0.2) is 52.6 Å². The van der Waals surface area contributed by atoms with Crippen LogP contribution in [0.3, 0.4) is 0 Å². The van der Waals surface area contributed by atoms with Crippen LogP contribution in [0.1, 0.15) is 84.0 Å². The van der Waals surface area contributed by atoms with Crippen molar-refractivity contribution in [3.05, 3.63) is 12.2 Å². The second kappa shape index (κ2) is 13.3. The molecule has 1 saturated carbocycles. The third-order valence-corrected chi connectivity index (χ3v) is 6.12. The van der Waals surface area contributed by atoms with E-state index >= 15 is 0 Å². The van der Waals surface area contributed by atoms with Gasteiger partial charge in [0, 0.05) is 13.0 Å². The summed E-state index contributed by atoms with van der Waals surface area (Å²) < 4.78 is 0. The van der Waals surface area contributed by atoms with E-state index < -0.39 is 11.8 Å². The number of carboxylic acids is 1. The third-order valence-electron chi connectivity index (χ3n) is 6.12. The lowest BCUT2D eigenvalue weighted by atomic mass is 9.85. The molecule has 5 nitrogen and oxygen atoms in total. The molecule has 1 aliphatic carbocycles. The minimum Gasteiger partial charge on any atom is -0.477 e. The van der Waals surface area contributed by atoms with Gasteiger partial charge in [0.05, 0.1) is 0 Å². The molecule has 1 aliphatic rings. The van der Waals surface area contributed by atoms with Gasteiger partial charge in [-0.25, -0.2) is 4.79 Å². The minimum atomic E-state index is -2.58. The molecule has 5 heteroatoms. The zero-order chi connectivity index (χ0) is 21.0. The number of hydrogen-bond acceptors (Lipinski definition) is 4. The molecule has 0 radical (unpaired) electrons. The van der Waals surface area contributed by atoms with Crippen LogP contribution >= 0.6 is 0 Å². The van der Waals surface area contributed by atoms with E-state index in [1.807, 2.05) is 0 Å². The highest BCUT2D eigenvalue weighted by atomic mass is 16.5. The molecule has 164 valence electrons. The number of rotatable bonds is 15. The zero-order valence-corrected chi connectivity index (χ0v) is 18.3. The molecule has 1 rings (SSSR count). The molecule has 0 heterocycles. The highest BCUT2D eigenvalue weighted by Crippen LogP contribution is 2.41. The highest BCUT2D eigenvalue weighted by Gasteiger charge is 2.34. The van der Waals surface area contributed by atoms with E-state index in [-0.39, 0.29) is 6.42 Å². The zero-order valence-electron chi connectivity index (χ0n) is 18.3. The summed E-state index contributed by atoms with van der Waals surface area (Å²) in [5.41, 5.74) is 0. The standard InChI is InChI=1S/C23H43NO4/c1-4-5-6-7-8-11-14-21-19(15-16-20(21)18-24(2)3)13-10-9-12-17-23(27,28)22(25)26/h11,14,19-21,27-28H,4-10,12-13,15-18H2,1-3H3,(H,25,26)/t19-,20+,21-/m1/s1. The Kier molecular flexibility index (Phi) is 12.0. The SMILES string of the molecule is CCCCCCC=C[C@@H]1[C@H](CCCCCC(O)(O)C(=O)O)CC[C@H]1CN(C)C. The van der Waals surface area contributed by atoms with Crippen LogP contribution in [0, 0.1) is 17.8 Å². The first-order valence-electron chi connectivity index (χ1n) is 11.3. The van der Waals surface area contributed by atoms with E-state index in [2.05, 4.69) is 38.1 Å². The van der Waals surface area contributed by atoms with Crippen molar-refractivity contribution in [3.8, 4) is 0 Å². The van der Waals surface area contributed by atoms with Crippen molar-refractivity contribution in [2.24, 2.45) is 17.8 Å². The summed E-state index contributed by atoms with van der Waals surface area (Å²) in [4.78, 5) is 13.0. The summed E-state index contributed by atoms with van der Waals surface area (Å²) in [6, 6.07) is 0. The van der Waals surface area contributed by atoms with E-state index in [1.165, 1.54) is 44.9 Å². The molecule has 0 spiro atoms. The first-order chi connectivity index (χ1) is 13.3. The number of hydrogen-bond donors (Lipinski definition) is 3. The van der Waals surface area contributed by atoms with E-state index in [4.69, 9.17) is 5.11 Å². The lowest BCUT2D eigenvalue weighted by Gasteiger charge is -2.25. The van der Waals surface area contributed by atoms with Crippen LogP contribution in [0.4, 0.5) is 0 Å². The number of unbranched alkanes of at least 4 members (excludes halogenated alkanes) is 6. The minimum absolute atomic E-state index is 0.0999. The summed E-state index contributed by atoms with van der Waals surface area (Å²) in [5.74, 6) is -2.07. The molecular weight excluding hydrogens is 354 g/mol. The first-order valence-corrected chi connectivity index (χ1v) is 11.3. The fourth-order valence-electron chi connectivity index (χ4n) is 4.54. The summed E-state index contributed by atoms with van der Waals surface area (Å²) in [6.07, 6.45) is 17.3. The van der Waals surface area contributed by atoms with E-state index in [0.29, 0.717) is 18.3 Å². The van der Waals surface area contributed by atoms with Crippen molar-refractivity contribution in [2.75, 3.05) is 20.6 Å². The molecule has 0 bridgehead atoms. The van der Waals surface area contributed by atoms with Gasteiger partial charge in [0.15, 0.2) is 0 Å². The van der Waals surface area contributed by atoms with Crippen molar-refractivity contribution >= 4 is 5.97 Å². The van der Waals surface area contributed by atoms with Gasteiger partial charge in [-0.05, 0) is 70.4 Å². The van der Waals surface area contributed by atoms with Crippen molar-refractivity contribution in [2.45, 2.75) is 89.8 Å². The summed E-state index contributed by atoms with van der Waals surface area (Å²) >= 11 is 0. The smallest absolute Gasteiger partial charge is 0.364 e. The van der Waals surface area contributed by atoms with Gasteiger partial charge < -0.3 is 20.2 Å². The van der Waals surface area contributed by atoms with Crippen LogP contribution in [-0.2, 0) is 4.79 Å². The number of carbonyl (C=O) groups is 1. The Morgan fingerprint density at radius 2 is 1.71 bits per heavy atom. The van der Waals surface area contributed by atoms with Crippen LogP contribution in [0.25, 0.3) is 0 Å². The normalized spacial score (nSPS) is 23.1. The maximum Gasteiger partial charge on any atom is 0.364 e. The molecule has 28 heavy (non-hydrogen) atoms. The van der Waals surface area contributed by atoms with Gasteiger partial charge in [0.1, 0.15) is 0 Å². The largest absolute Gasteiger partial charge is 0.477 e. The average molecular weight is 398 g/mol. The van der Waals surface area contributed by atoms with Crippen molar-refractivity contribution in [1.82, 2.24) is 4.90 Å². The van der Waals surface area contributed by atoms with Crippen molar-refractivity contribution in [3.63, 3.8) is 0 Å². The molecule has 0 aromatic carbocycles. The van der Waals surface area contributed by atoms with Gasteiger partial charge in [0.2, 0.25) is 0 Å². The second-order valence-electron chi connectivity index (χ2n) is 8.94. The molecule has 0 aliphatic heterocycles. The molecule has 3 N–H and O–H groups in total. The molecule has 0 saturated heterocycles. The van der Waals surface area contributed by atoms with Crippen LogP contribution < -0.4 is 0 Å². The number of nitrogens with zero attached hydrogens (tertiary/aromatic N) is 1. The molecular formula is C23H43NO4. The quantitative estimate of drug-likeness (QED) is 0.216. The monoisotopic (exact) mass is 397 g/mol. The predicted molar refractivity (Wildman–Crippen MR) is 114 cm³/mol. The summed E-state index contributed by atoms with van der Waals surface area (Å²) in [7, 11) is 4.30. The highest BCUT2D eigenvalue weighted by molar-refractivity contribution is 5.74. The molecule has 0 amide bonds. The Morgan fingerprint density at radius 3 is 2.36 bits per heavy atom. The van der Waals surface area contributed by atoms with Gasteiger partial charge in [-0.3, -0.25) is 0 Å². The maximum absolute atomic E-state index is 10.7. The van der Waals surface area contributed by atoms with E-state index in [1.54, 1.807) is 0 Å². The summed E-state index contributed by atoms with van der Waals surface area (Å²) in [5, 5.41) is 27.5. The Bertz CT molecular complexity index is 462. The third kappa shape index (κ3) is 9.53.